The molecular weight excluding hydrogens is 264 g/mol. The fourth-order valence-corrected chi connectivity index (χ4v) is 1.51. The number of benzene rings is 1. The maximum absolute atomic E-state index is 11.6. The van der Waals surface area contributed by atoms with Gasteiger partial charge in [0.1, 0.15) is 11.8 Å². The summed E-state index contributed by atoms with van der Waals surface area (Å²) in [4.78, 5) is 22.4. The van der Waals surface area contributed by atoms with Crippen molar-refractivity contribution in [3.05, 3.63) is 24.3 Å². The van der Waals surface area contributed by atoms with Gasteiger partial charge in [-0.05, 0) is 31.2 Å². The summed E-state index contributed by atoms with van der Waals surface area (Å²) < 4.78 is 5.26. The summed E-state index contributed by atoms with van der Waals surface area (Å²) in [7, 11) is 0. The van der Waals surface area contributed by atoms with Crippen LogP contribution in [0.4, 0.5) is 10.5 Å². The van der Waals surface area contributed by atoms with E-state index in [1.54, 1.807) is 24.3 Å². The second kappa shape index (κ2) is 8.00. The standard InChI is InChI=1S/C13H18N2O5/c1-2-20-10-5-3-9(4-6-10)14-13(19)15-11(7-8-16)12(17)18/h3-6,11,16H,2,7-8H2,1H3,(H,17,18)(H2,14,15,19)/t11-/m0/s1. The summed E-state index contributed by atoms with van der Waals surface area (Å²) >= 11 is 0. The highest BCUT2D eigenvalue weighted by molar-refractivity contribution is 5.92. The molecule has 7 nitrogen and oxygen atoms in total. The molecule has 0 unspecified atom stereocenters. The lowest BCUT2D eigenvalue weighted by atomic mass is 10.2. The smallest absolute Gasteiger partial charge is 0.326 e. The molecule has 0 aliphatic rings. The third-order valence-corrected chi connectivity index (χ3v) is 2.44. The second-order valence-corrected chi connectivity index (χ2v) is 3.96. The number of aliphatic hydroxyl groups excluding tert-OH is 1. The van der Waals surface area contributed by atoms with Crippen molar-refractivity contribution < 1.29 is 24.5 Å². The Hall–Kier alpha value is -2.28. The van der Waals surface area contributed by atoms with Gasteiger partial charge >= 0.3 is 12.0 Å². The fourth-order valence-electron chi connectivity index (χ4n) is 1.51. The molecular formula is C13H18N2O5. The number of hydrogen-bond acceptors (Lipinski definition) is 4. The van der Waals surface area contributed by atoms with Crippen LogP contribution in [0.5, 0.6) is 5.75 Å². The number of anilines is 1. The molecule has 4 N–H and O–H groups in total. The van der Waals surface area contributed by atoms with Crippen molar-refractivity contribution >= 4 is 17.7 Å². The Balaban J connectivity index is 2.54. The zero-order valence-corrected chi connectivity index (χ0v) is 11.1. The molecule has 1 rings (SSSR count). The van der Waals surface area contributed by atoms with Gasteiger partial charge in [-0.1, -0.05) is 0 Å². The minimum absolute atomic E-state index is 0.0496. The Bertz CT molecular complexity index is 447. The van der Waals surface area contributed by atoms with E-state index in [4.69, 9.17) is 14.9 Å². The van der Waals surface area contributed by atoms with E-state index in [0.29, 0.717) is 18.0 Å². The number of aliphatic hydroxyl groups is 1. The first-order valence-electron chi connectivity index (χ1n) is 6.20. The normalized spacial score (nSPS) is 11.5. The fraction of sp³-hybridized carbons (Fsp3) is 0.385. The highest BCUT2D eigenvalue weighted by Crippen LogP contribution is 2.15. The molecule has 0 spiro atoms. The quantitative estimate of drug-likeness (QED) is 0.597. The van der Waals surface area contributed by atoms with Crippen LogP contribution in [0.25, 0.3) is 0 Å². The number of rotatable bonds is 7. The summed E-state index contributed by atoms with van der Waals surface area (Å²) in [5, 5.41) is 22.3. The summed E-state index contributed by atoms with van der Waals surface area (Å²) in [6, 6.07) is 4.92. The highest BCUT2D eigenvalue weighted by Gasteiger charge is 2.18. The van der Waals surface area contributed by atoms with Crippen LogP contribution >= 0.6 is 0 Å². The topological polar surface area (TPSA) is 108 Å². The van der Waals surface area contributed by atoms with Crippen molar-refractivity contribution in [3.63, 3.8) is 0 Å². The molecule has 0 radical (unpaired) electrons. The molecule has 7 heteroatoms. The first kappa shape index (κ1) is 15.8. The van der Waals surface area contributed by atoms with Crippen molar-refractivity contribution in [1.82, 2.24) is 5.32 Å². The van der Waals surface area contributed by atoms with E-state index in [1.165, 1.54) is 0 Å². The zero-order valence-electron chi connectivity index (χ0n) is 11.1. The summed E-state index contributed by atoms with van der Waals surface area (Å²) in [6.45, 7) is 2.10. The predicted molar refractivity (Wildman–Crippen MR) is 72.9 cm³/mol. The number of aliphatic carboxylic acids is 1. The minimum atomic E-state index is -1.19. The highest BCUT2D eigenvalue weighted by atomic mass is 16.5. The molecule has 0 heterocycles. The summed E-state index contributed by atoms with van der Waals surface area (Å²) in [5.41, 5.74) is 0.513. The Morgan fingerprint density at radius 3 is 2.45 bits per heavy atom. The van der Waals surface area contributed by atoms with Crippen molar-refractivity contribution in [2.75, 3.05) is 18.5 Å². The van der Waals surface area contributed by atoms with Crippen molar-refractivity contribution in [3.8, 4) is 5.75 Å². The van der Waals surface area contributed by atoms with Gasteiger partial charge in [0.05, 0.1) is 6.61 Å². The first-order chi connectivity index (χ1) is 9.56. The van der Waals surface area contributed by atoms with Crippen LogP contribution in [0.3, 0.4) is 0 Å². The van der Waals surface area contributed by atoms with Gasteiger partial charge in [-0.15, -0.1) is 0 Å². The molecule has 20 heavy (non-hydrogen) atoms. The van der Waals surface area contributed by atoms with Crippen molar-refractivity contribution in [1.29, 1.82) is 0 Å². The lowest BCUT2D eigenvalue weighted by molar-refractivity contribution is -0.139. The van der Waals surface area contributed by atoms with Gasteiger partial charge in [0, 0.05) is 18.7 Å². The Morgan fingerprint density at radius 1 is 1.30 bits per heavy atom. The van der Waals surface area contributed by atoms with E-state index >= 15 is 0 Å². The van der Waals surface area contributed by atoms with Crippen LogP contribution in [0.2, 0.25) is 0 Å². The molecule has 0 fully saturated rings. The Labute approximate surface area is 116 Å². The number of carboxylic acids is 1. The number of hydrogen-bond donors (Lipinski definition) is 4. The average Bonchev–Trinajstić information content (AvgIpc) is 2.40. The van der Waals surface area contributed by atoms with Crippen LogP contribution in [0.1, 0.15) is 13.3 Å². The van der Waals surface area contributed by atoms with Gasteiger partial charge < -0.3 is 25.6 Å². The third-order valence-electron chi connectivity index (χ3n) is 2.44. The molecule has 110 valence electrons. The molecule has 0 saturated carbocycles. The van der Waals surface area contributed by atoms with E-state index in [9.17, 15) is 9.59 Å². The second-order valence-electron chi connectivity index (χ2n) is 3.96. The van der Waals surface area contributed by atoms with Gasteiger partial charge in [0.15, 0.2) is 0 Å². The maximum atomic E-state index is 11.6. The van der Waals surface area contributed by atoms with E-state index in [0.717, 1.165) is 0 Å². The zero-order chi connectivity index (χ0) is 15.0. The molecule has 0 aliphatic carbocycles. The predicted octanol–water partition coefficient (Wildman–Crippen LogP) is 1.04. The van der Waals surface area contributed by atoms with Gasteiger partial charge in [-0.25, -0.2) is 9.59 Å². The van der Waals surface area contributed by atoms with Crippen molar-refractivity contribution in [2.45, 2.75) is 19.4 Å². The van der Waals surface area contributed by atoms with E-state index in [1.807, 2.05) is 6.92 Å². The molecule has 0 bridgehead atoms. The largest absolute Gasteiger partial charge is 0.494 e. The van der Waals surface area contributed by atoms with Crippen LogP contribution < -0.4 is 15.4 Å². The van der Waals surface area contributed by atoms with Crippen LogP contribution in [0, 0.1) is 0 Å². The number of carboxylic acid groups (broad SMARTS) is 1. The Kier molecular flexibility index (Phi) is 6.31. The van der Waals surface area contributed by atoms with Crippen LogP contribution in [-0.2, 0) is 4.79 Å². The lowest BCUT2D eigenvalue weighted by Gasteiger charge is -2.14. The molecule has 0 aliphatic heterocycles. The van der Waals surface area contributed by atoms with Crippen LogP contribution in [-0.4, -0.2) is 41.5 Å². The number of carbonyl (C=O) groups is 2. The number of urea groups is 1. The first-order valence-corrected chi connectivity index (χ1v) is 6.20. The van der Waals surface area contributed by atoms with Gasteiger partial charge in [0.2, 0.25) is 0 Å². The Morgan fingerprint density at radius 2 is 1.95 bits per heavy atom. The van der Waals surface area contributed by atoms with Crippen molar-refractivity contribution in [2.24, 2.45) is 0 Å². The summed E-state index contributed by atoms with van der Waals surface area (Å²) in [6.07, 6.45) is -0.0496. The van der Waals surface area contributed by atoms with Gasteiger partial charge in [-0.3, -0.25) is 0 Å². The number of amides is 2. The SMILES string of the molecule is CCOc1ccc(NC(=O)N[C@@H](CCO)C(=O)O)cc1. The lowest BCUT2D eigenvalue weighted by Crippen LogP contribution is -2.43. The van der Waals surface area contributed by atoms with E-state index in [2.05, 4.69) is 10.6 Å². The number of nitrogens with one attached hydrogen (secondary N) is 2. The summed E-state index contributed by atoms with van der Waals surface area (Å²) in [5.74, 6) is -0.511. The van der Waals surface area contributed by atoms with Gasteiger partial charge in [0.25, 0.3) is 0 Å². The molecule has 1 aromatic carbocycles. The number of ether oxygens (including phenoxy) is 1. The molecule has 0 saturated heterocycles. The molecule has 1 aromatic rings. The minimum Gasteiger partial charge on any atom is -0.494 e. The van der Waals surface area contributed by atoms with Crippen LogP contribution in [0.15, 0.2) is 24.3 Å². The van der Waals surface area contributed by atoms with Gasteiger partial charge in [-0.2, -0.15) is 0 Å². The monoisotopic (exact) mass is 282 g/mol. The van der Waals surface area contributed by atoms with E-state index in [-0.39, 0.29) is 13.0 Å². The molecule has 0 aromatic heterocycles. The average molecular weight is 282 g/mol. The third kappa shape index (κ3) is 5.15. The maximum Gasteiger partial charge on any atom is 0.326 e. The number of carbonyl (C=O) groups excluding carboxylic acids is 1. The van der Waals surface area contributed by atoms with E-state index < -0.39 is 18.0 Å². The molecule has 1 atom stereocenters. The molecule has 2 amide bonds.